The number of rotatable bonds is 3. The Morgan fingerprint density at radius 3 is 3.21 bits per heavy atom. The molecule has 1 aliphatic rings. The first-order valence-electron chi connectivity index (χ1n) is 5.23. The summed E-state index contributed by atoms with van der Waals surface area (Å²) in [5.41, 5.74) is 1.07. The number of pyridine rings is 1. The fraction of sp³-hybridized carbons (Fsp3) is 0.545. The highest BCUT2D eigenvalue weighted by atomic mass is 15.0. The first-order valence-corrected chi connectivity index (χ1v) is 5.23. The first kappa shape index (κ1) is 9.46. The summed E-state index contributed by atoms with van der Waals surface area (Å²) in [6.07, 6.45) is 1.28. The lowest BCUT2D eigenvalue weighted by molar-refractivity contribution is 0.614. The van der Waals surface area contributed by atoms with E-state index < -0.39 is 0 Å². The average molecular weight is 191 g/mol. The number of nitrogens with zero attached hydrogens (tertiary/aromatic N) is 1. The van der Waals surface area contributed by atoms with Crippen molar-refractivity contribution in [2.75, 3.05) is 25.0 Å². The summed E-state index contributed by atoms with van der Waals surface area (Å²) in [5.74, 6) is 1.76. The molecule has 0 aromatic carbocycles. The quantitative estimate of drug-likeness (QED) is 0.758. The number of anilines is 1. The molecule has 3 nitrogen and oxygen atoms in total. The van der Waals surface area contributed by atoms with Crippen LogP contribution in [0.4, 0.5) is 5.82 Å². The molecule has 0 radical (unpaired) electrons. The summed E-state index contributed by atoms with van der Waals surface area (Å²) in [7, 11) is 0. The zero-order valence-electron chi connectivity index (χ0n) is 8.59. The van der Waals surface area contributed by atoms with Crippen molar-refractivity contribution in [1.29, 1.82) is 0 Å². The van der Waals surface area contributed by atoms with Gasteiger partial charge in [-0.15, -0.1) is 0 Å². The Labute approximate surface area is 84.9 Å². The second-order valence-corrected chi connectivity index (χ2v) is 3.90. The highest BCUT2D eigenvalue weighted by molar-refractivity contribution is 5.35. The van der Waals surface area contributed by atoms with Crippen molar-refractivity contribution < 1.29 is 0 Å². The molecule has 0 amide bonds. The van der Waals surface area contributed by atoms with Gasteiger partial charge in [0.25, 0.3) is 0 Å². The molecule has 2 N–H and O–H groups in total. The lowest BCUT2D eigenvalue weighted by Crippen LogP contribution is -2.17. The van der Waals surface area contributed by atoms with Gasteiger partial charge < -0.3 is 10.6 Å². The van der Waals surface area contributed by atoms with Crippen LogP contribution in [0.2, 0.25) is 0 Å². The topological polar surface area (TPSA) is 37.0 Å². The van der Waals surface area contributed by atoms with E-state index >= 15 is 0 Å². The van der Waals surface area contributed by atoms with E-state index in [1.54, 1.807) is 0 Å². The molecule has 1 saturated heterocycles. The minimum absolute atomic E-state index is 0.761. The molecule has 1 fully saturated rings. The van der Waals surface area contributed by atoms with Gasteiger partial charge in [-0.1, -0.05) is 6.07 Å². The number of aromatic nitrogens is 1. The van der Waals surface area contributed by atoms with Crippen LogP contribution in [0.25, 0.3) is 0 Å². The predicted molar refractivity (Wildman–Crippen MR) is 58.4 cm³/mol. The number of hydrogen-bond acceptors (Lipinski definition) is 3. The molecular weight excluding hydrogens is 174 g/mol. The van der Waals surface area contributed by atoms with Gasteiger partial charge in [0.05, 0.1) is 0 Å². The van der Waals surface area contributed by atoms with Gasteiger partial charge in [-0.2, -0.15) is 0 Å². The summed E-state index contributed by atoms with van der Waals surface area (Å²) < 4.78 is 0. The molecule has 0 aliphatic carbocycles. The largest absolute Gasteiger partial charge is 0.370 e. The summed E-state index contributed by atoms with van der Waals surface area (Å²) in [5, 5.41) is 6.74. The molecule has 2 heterocycles. The standard InChI is InChI=1S/C11H17N3/c1-9-3-2-4-11(14-9)13-8-10-5-6-12-7-10/h2-4,10,12H,5-8H2,1H3,(H,13,14)/t10-/m1/s1. The van der Waals surface area contributed by atoms with Crippen LogP contribution < -0.4 is 10.6 Å². The smallest absolute Gasteiger partial charge is 0.126 e. The Balaban J connectivity index is 1.85. The van der Waals surface area contributed by atoms with E-state index in [2.05, 4.69) is 15.6 Å². The third kappa shape index (κ3) is 2.45. The van der Waals surface area contributed by atoms with Crippen molar-refractivity contribution in [2.24, 2.45) is 5.92 Å². The molecule has 1 aromatic rings. The molecule has 1 aromatic heterocycles. The molecule has 2 rings (SSSR count). The predicted octanol–water partition coefficient (Wildman–Crippen LogP) is 1.41. The van der Waals surface area contributed by atoms with Crippen molar-refractivity contribution in [1.82, 2.24) is 10.3 Å². The van der Waals surface area contributed by atoms with Gasteiger partial charge in [0.15, 0.2) is 0 Å². The minimum atomic E-state index is 0.761. The fourth-order valence-corrected chi connectivity index (χ4v) is 1.78. The van der Waals surface area contributed by atoms with Crippen LogP contribution in [-0.2, 0) is 0 Å². The Hall–Kier alpha value is -1.09. The monoisotopic (exact) mass is 191 g/mol. The Morgan fingerprint density at radius 2 is 2.50 bits per heavy atom. The molecule has 3 heteroatoms. The average Bonchev–Trinajstić information content (AvgIpc) is 2.67. The summed E-state index contributed by atoms with van der Waals surface area (Å²) in [6.45, 7) is 5.35. The van der Waals surface area contributed by atoms with Crippen LogP contribution >= 0.6 is 0 Å². The second-order valence-electron chi connectivity index (χ2n) is 3.90. The fourth-order valence-electron chi connectivity index (χ4n) is 1.78. The van der Waals surface area contributed by atoms with E-state index in [-0.39, 0.29) is 0 Å². The van der Waals surface area contributed by atoms with Gasteiger partial charge in [-0.25, -0.2) is 4.98 Å². The van der Waals surface area contributed by atoms with Gasteiger partial charge in [-0.3, -0.25) is 0 Å². The van der Waals surface area contributed by atoms with Gasteiger partial charge in [0.1, 0.15) is 5.82 Å². The zero-order valence-corrected chi connectivity index (χ0v) is 8.59. The van der Waals surface area contributed by atoms with Crippen LogP contribution in [0.1, 0.15) is 12.1 Å². The van der Waals surface area contributed by atoms with Crippen LogP contribution in [0.3, 0.4) is 0 Å². The molecule has 0 unspecified atom stereocenters. The molecule has 0 saturated carbocycles. The van der Waals surface area contributed by atoms with Crippen molar-refractivity contribution in [3.8, 4) is 0 Å². The summed E-state index contributed by atoms with van der Waals surface area (Å²) in [6, 6.07) is 6.08. The minimum Gasteiger partial charge on any atom is -0.370 e. The summed E-state index contributed by atoms with van der Waals surface area (Å²) in [4.78, 5) is 4.40. The second kappa shape index (κ2) is 4.42. The van der Waals surface area contributed by atoms with Crippen molar-refractivity contribution in [2.45, 2.75) is 13.3 Å². The van der Waals surface area contributed by atoms with Crippen molar-refractivity contribution >= 4 is 5.82 Å². The maximum absolute atomic E-state index is 4.40. The molecule has 0 bridgehead atoms. The molecule has 1 atom stereocenters. The highest BCUT2D eigenvalue weighted by Gasteiger charge is 2.13. The number of hydrogen-bond donors (Lipinski definition) is 2. The van der Waals surface area contributed by atoms with Crippen molar-refractivity contribution in [3.63, 3.8) is 0 Å². The van der Waals surface area contributed by atoms with E-state index in [1.165, 1.54) is 6.42 Å². The van der Waals surface area contributed by atoms with E-state index in [4.69, 9.17) is 0 Å². The van der Waals surface area contributed by atoms with Gasteiger partial charge in [0.2, 0.25) is 0 Å². The van der Waals surface area contributed by atoms with Crippen LogP contribution in [-0.4, -0.2) is 24.6 Å². The number of nitrogens with one attached hydrogen (secondary N) is 2. The first-order chi connectivity index (χ1) is 6.84. The molecule has 0 spiro atoms. The third-order valence-corrected chi connectivity index (χ3v) is 2.62. The van der Waals surface area contributed by atoms with Crippen LogP contribution in [0.5, 0.6) is 0 Å². The molecule has 14 heavy (non-hydrogen) atoms. The lowest BCUT2D eigenvalue weighted by atomic mass is 10.1. The summed E-state index contributed by atoms with van der Waals surface area (Å²) >= 11 is 0. The van der Waals surface area contributed by atoms with Crippen molar-refractivity contribution in [3.05, 3.63) is 23.9 Å². The molecule has 1 aliphatic heterocycles. The third-order valence-electron chi connectivity index (χ3n) is 2.62. The Bertz CT molecular complexity index is 292. The number of aryl methyl sites for hydroxylation is 1. The molecular formula is C11H17N3. The lowest BCUT2D eigenvalue weighted by Gasteiger charge is -2.10. The molecule has 76 valence electrons. The van der Waals surface area contributed by atoms with E-state index in [1.807, 2.05) is 25.1 Å². The SMILES string of the molecule is Cc1cccc(NC[C@@H]2CCNC2)n1. The van der Waals surface area contributed by atoms with Gasteiger partial charge in [0, 0.05) is 12.2 Å². The van der Waals surface area contributed by atoms with E-state index in [9.17, 15) is 0 Å². The maximum Gasteiger partial charge on any atom is 0.126 e. The van der Waals surface area contributed by atoms with Gasteiger partial charge in [-0.05, 0) is 44.5 Å². The maximum atomic E-state index is 4.40. The van der Waals surface area contributed by atoms with E-state index in [0.29, 0.717) is 0 Å². The Kier molecular flexibility index (Phi) is 2.99. The van der Waals surface area contributed by atoms with E-state index in [0.717, 1.165) is 37.1 Å². The highest BCUT2D eigenvalue weighted by Crippen LogP contribution is 2.09. The zero-order chi connectivity index (χ0) is 9.80. The Morgan fingerprint density at radius 1 is 1.57 bits per heavy atom. The van der Waals surface area contributed by atoms with Gasteiger partial charge >= 0.3 is 0 Å². The normalized spacial score (nSPS) is 21.1. The van der Waals surface area contributed by atoms with Crippen LogP contribution in [0, 0.1) is 12.8 Å². The van der Waals surface area contributed by atoms with Crippen LogP contribution in [0.15, 0.2) is 18.2 Å².